The molecular formula is C20H22N2O2S. The molecule has 3 rings (SSSR count). The minimum Gasteiger partial charge on any atom is -0.339 e. The average Bonchev–Trinajstić information content (AvgIpc) is 3.16. The van der Waals surface area contributed by atoms with Gasteiger partial charge in [0.05, 0.1) is 15.8 Å². The van der Waals surface area contributed by atoms with Crippen LogP contribution in [0.2, 0.25) is 0 Å². The van der Waals surface area contributed by atoms with Gasteiger partial charge in [0.2, 0.25) is 0 Å². The van der Waals surface area contributed by atoms with Crippen molar-refractivity contribution in [1.82, 2.24) is 9.88 Å². The lowest BCUT2D eigenvalue weighted by atomic mass is 10.1. The van der Waals surface area contributed by atoms with E-state index in [4.69, 9.17) is 0 Å². The number of amides is 1. The van der Waals surface area contributed by atoms with Crippen LogP contribution in [0.4, 0.5) is 0 Å². The number of nitrogens with zero attached hydrogens (tertiary/aromatic N) is 2. The lowest BCUT2D eigenvalue weighted by Gasteiger charge is -2.15. The second-order valence-corrected chi connectivity index (χ2v) is 7.74. The van der Waals surface area contributed by atoms with Gasteiger partial charge >= 0.3 is 0 Å². The Bertz CT molecular complexity index is 750. The van der Waals surface area contributed by atoms with E-state index in [1.165, 1.54) is 11.8 Å². The number of hydrogen-bond donors (Lipinski definition) is 0. The normalized spacial score (nSPS) is 15.2. The molecule has 5 heteroatoms. The lowest BCUT2D eigenvalue weighted by molar-refractivity contribution is 0.0792. The highest BCUT2D eigenvalue weighted by Gasteiger charge is 2.20. The summed E-state index contributed by atoms with van der Waals surface area (Å²) in [5.74, 6) is 0.134. The minimum absolute atomic E-state index is 0.0466. The van der Waals surface area contributed by atoms with Crippen LogP contribution in [0.15, 0.2) is 47.6 Å². The molecule has 0 saturated carbocycles. The number of rotatable bonds is 5. The van der Waals surface area contributed by atoms with E-state index < -0.39 is 0 Å². The van der Waals surface area contributed by atoms with Gasteiger partial charge in [-0.25, -0.2) is 4.98 Å². The quantitative estimate of drug-likeness (QED) is 0.602. The number of carbonyl (C=O) groups is 2. The minimum atomic E-state index is -0.227. The number of carbonyl (C=O) groups excluding carboxylic acids is 2. The number of Topliss-reactive ketones (excluding diaryl/α,β-unsaturated/α-hetero) is 1. The third kappa shape index (κ3) is 4.28. The Morgan fingerprint density at radius 3 is 2.28 bits per heavy atom. The van der Waals surface area contributed by atoms with Crippen LogP contribution in [-0.2, 0) is 0 Å². The molecule has 1 aromatic carbocycles. The van der Waals surface area contributed by atoms with Gasteiger partial charge in [-0.3, -0.25) is 9.59 Å². The van der Waals surface area contributed by atoms with Crippen LogP contribution in [-0.4, -0.2) is 39.9 Å². The first-order valence-corrected chi connectivity index (χ1v) is 9.45. The van der Waals surface area contributed by atoms with Crippen molar-refractivity contribution >= 4 is 23.5 Å². The summed E-state index contributed by atoms with van der Waals surface area (Å²) in [7, 11) is 0. The fourth-order valence-electron chi connectivity index (χ4n) is 2.87. The zero-order chi connectivity index (χ0) is 17.8. The first-order chi connectivity index (χ1) is 12.0. The molecule has 1 atom stereocenters. The van der Waals surface area contributed by atoms with Gasteiger partial charge in [0.1, 0.15) is 0 Å². The monoisotopic (exact) mass is 354 g/mol. The molecule has 2 aromatic rings. The highest BCUT2D eigenvalue weighted by molar-refractivity contribution is 8.00. The van der Waals surface area contributed by atoms with Crippen LogP contribution in [0.1, 0.15) is 46.0 Å². The van der Waals surface area contributed by atoms with Crippen molar-refractivity contribution in [2.24, 2.45) is 0 Å². The molecule has 0 unspecified atom stereocenters. The number of likely N-dealkylation sites (tertiary alicyclic amines) is 1. The van der Waals surface area contributed by atoms with E-state index in [1.807, 2.05) is 49.1 Å². The molecule has 4 nitrogen and oxygen atoms in total. The predicted octanol–water partition coefficient (Wildman–Crippen LogP) is 3.99. The third-order valence-corrected chi connectivity index (χ3v) is 5.43. The van der Waals surface area contributed by atoms with Crippen LogP contribution in [0, 0.1) is 6.92 Å². The number of pyridine rings is 1. The molecule has 0 N–H and O–H groups in total. The molecule has 1 saturated heterocycles. The summed E-state index contributed by atoms with van der Waals surface area (Å²) >= 11 is 1.42. The highest BCUT2D eigenvalue weighted by atomic mass is 32.2. The van der Waals surface area contributed by atoms with Gasteiger partial charge in [-0.05, 0) is 38.8 Å². The number of hydrogen-bond acceptors (Lipinski definition) is 4. The van der Waals surface area contributed by atoms with Gasteiger partial charge in [-0.15, -0.1) is 0 Å². The van der Waals surface area contributed by atoms with Crippen LogP contribution >= 0.6 is 11.8 Å². The fraction of sp³-hybridized carbons (Fsp3) is 0.350. The Balaban J connectivity index is 1.63. The van der Waals surface area contributed by atoms with Gasteiger partial charge in [-0.2, -0.15) is 0 Å². The van der Waals surface area contributed by atoms with Crippen molar-refractivity contribution in [2.75, 3.05) is 13.1 Å². The molecule has 1 amide bonds. The van der Waals surface area contributed by atoms with Gasteiger partial charge in [0.15, 0.2) is 5.78 Å². The standard InChI is InChI=1S/C20H22N2O2S/c1-14-5-7-16(8-6-14)19(23)15(2)25-18-10-9-17(13-21-18)20(24)22-11-3-4-12-22/h5-10,13,15H,3-4,11-12H2,1-2H3/t15-/m0/s1. The summed E-state index contributed by atoms with van der Waals surface area (Å²) in [5.41, 5.74) is 2.46. The maximum Gasteiger partial charge on any atom is 0.255 e. The van der Waals surface area contributed by atoms with E-state index >= 15 is 0 Å². The van der Waals surface area contributed by atoms with E-state index in [-0.39, 0.29) is 16.9 Å². The molecule has 25 heavy (non-hydrogen) atoms. The second kappa shape index (κ2) is 7.83. The smallest absolute Gasteiger partial charge is 0.255 e. The van der Waals surface area contributed by atoms with Gasteiger partial charge < -0.3 is 4.90 Å². The van der Waals surface area contributed by atoms with Crippen LogP contribution < -0.4 is 0 Å². The van der Waals surface area contributed by atoms with Crippen LogP contribution in [0.25, 0.3) is 0 Å². The van der Waals surface area contributed by atoms with E-state index in [1.54, 1.807) is 12.3 Å². The summed E-state index contributed by atoms with van der Waals surface area (Å²) < 4.78 is 0. The first-order valence-electron chi connectivity index (χ1n) is 8.57. The molecule has 0 spiro atoms. The van der Waals surface area contributed by atoms with Gasteiger partial charge in [0.25, 0.3) is 5.91 Å². The van der Waals surface area contributed by atoms with Gasteiger partial charge in [0, 0.05) is 24.8 Å². The average molecular weight is 354 g/mol. The zero-order valence-electron chi connectivity index (χ0n) is 14.6. The molecule has 1 fully saturated rings. The SMILES string of the molecule is Cc1ccc(C(=O)[C@H](C)Sc2ccc(C(=O)N3CCCC3)cn2)cc1. The molecule has 1 aliphatic rings. The summed E-state index contributed by atoms with van der Waals surface area (Å²) in [4.78, 5) is 31.1. The fourth-order valence-corrected chi connectivity index (χ4v) is 3.73. The number of ketones is 1. The van der Waals surface area contributed by atoms with Gasteiger partial charge in [-0.1, -0.05) is 41.6 Å². The maximum atomic E-state index is 12.5. The Morgan fingerprint density at radius 1 is 1.04 bits per heavy atom. The second-order valence-electron chi connectivity index (χ2n) is 6.37. The Kier molecular flexibility index (Phi) is 5.53. The predicted molar refractivity (Wildman–Crippen MR) is 100 cm³/mol. The van der Waals surface area contributed by atoms with Crippen molar-refractivity contribution in [3.8, 4) is 0 Å². The van der Waals surface area contributed by atoms with E-state index in [0.717, 1.165) is 36.5 Å². The molecular weight excluding hydrogens is 332 g/mol. The first kappa shape index (κ1) is 17.7. The lowest BCUT2D eigenvalue weighted by Crippen LogP contribution is -2.27. The number of benzene rings is 1. The summed E-state index contributed by atoms with van der Waals surface area (Å²) in [6, 6.07) is 11.2. The number of aromatic nitrogens is 1. The Hall–Kier alpha value is -2.14. The largest absolute Gasteiger partial charge is 0.339 e. The van der Waals surface area contributed by atoms with Crippen molar-refractivity contribution in [3.05, 3.63) is 59.3 Å². The molecule has 1 aliphatic heterocycles. The Labute approximate surface area is 152 Å². The summed E-state index contributed by atoms with van der Waals surface area (Å²) in [6.07, 6.45) is 3.77. The molecule has 0 radical (unpaired) electrons. The maximum absolute atomic E-state index is 12.5. The molecule has 1 aromatic heterocycles. The van der Waals surface area contributed by atoms with E-state index in [0.29, 0.717) is 11.1 Å². The van der Waals surface area contributed by atoms with Crippen molar-refractivity contribution in [3.63, 3.8) is 0 Å². The summed E-state index contributed by atoms with van der Waals surface area (Å²) in [5, 5.41) is 0.529. The third-order valence-electron chi connectivity index (χ3n) is 4.38. The molecule has 2 heterocycles. The molecule has 0 bridgehead atoms. The molecule has 130 valence electrons. The van der Waals surface area contributed by atoms with Crippen molar-refractivity contribution in [2.45, 2.75) is 37.0 Å². The highest BCUT2D eigenvalue weighted by Crippen LogP contribution is 2.24. The van der Waals surface area contributed by atoms with Crippen LogP contribution in [0.3, 0.4) is 0 Å². The zero-order valence-corrected chi connectivity index (χ0v) is 15.4. The topological polar surface area (TPSA) is 50.3 Å². The van der Waals surface area contributed by atoms with E-state index in [9.17, 15) is 9.59 Å². The van der Waals surface area contributed by atoms with Crippen molar-refractivity contribution in [1.29, 1.82) is 0 Å². The summed E-state index contributed by atoms with van der Waals surface area (Å²) in [6.45, 7) is 5.55. The van der Waals surface area contributed by atoms with Crippen LogP contribution in [0.5, 0.6) is 0 Å². The Morgan fingerprint density at radius 2 is 1.68 bits per heavy atom. The van der Waals surface area contributed by atoms with Crippen molar-refractivity contribution < 1.29 is 9.59 Å². The molecule has 0 aliphatic carbocycles. The van der Waals surface area contributed by atoms with E-state index in [2.05, 4.69) is 4.98 Å². The number of aryl methyl sites for hydroxylation is 1. The number of thioether (sulfide) groups is 1.